The fourth-order valence-corrected chi connectivity index (χ4v) is 4.30. The largest absolute Gasteiger partial charge is 0.0620 e. The van der Waals surface area contributed by atoms with E-state index in [0.717, 1.165) is 23.7 Å². The van der Waals surface area contributed by atoms with E-state index in [9.17, 15) is 0 Å². The van der Waals surface area contributed by atoms with Crippen molar-refractivity contribution in [3.63, 3.8) is 0 Å². The van der Waals surface area contributed by atoms with Gasteiger partial charge in [0, 0.05) is 0 Å². The monoisotopic (exact) mass is 184 g/mol. The fraction of sp³-hybridized carbons (Fsp3) is 0.571. The van der Waals surface area contributed by atoms with Gasteiger partial charge in [-0.25, -0.2) is 0 Å². The molecule has 1 aromatic rings. The summed E-state index contributed by atoms with van der Waals surface area (Å²) in [5, 5.41) is 0. The highest BCUT2D eigenvalue weighted by molar-refractivity contribution is 5.41. The first-order valence-electron chi connectivity index (χ1n) is 6.04. The summed E-state index contributed by atoms with van der Waals surface area (Å²) in [4.78, 5) is 0. The quantitative estimate of drug-likeness (QED) is 0.577. The second-order valence-electron chi connectivity index (χ2n) is 5.32. The Morgan fingerprint density at radius 3 is 1.64 bits per heavy atom. The molecule has 0 N–H and O–H groups in total. The van der Waals surface area contributed by atoms with Gasteiger partial charge in [0.15, 0.2) is 0 Å². The Balaban J connectivity index is 1.93. The molecule has 4 atom stereocenters. The van der Waals surface area contributed by atoms with E-state index >= 15 is 0 Å². The second kappa shape index (κ2) is 2.42. The Morgan fingerprint density at radius 2 is 1.21 bits per heavy atom. The predicted molar refractivity (Wildman–Crippen MR) is 57.4 cm³/mol. The third kappa shape index (κ3) is 0.724. The molecule has 0 aliphatic heterocycles. The Hall–Kier alpha value is -0.780. The molecule has 0 radical (unpaired) electrons. The van der Waals surface area contributed by atoms with Gasteiger partial charge >= 0.3 is 0 Å². The van der Waals surface area contributed by atoms with Crippen molar-refractivity contribution >= 4 is 0 Å². The number of hydrogen-bond donors (Lipinski definition) is 0. The highest BCUT2D eigenvalue weighted by Crippen LogP contribution is 2.62. The first kappa shape index (κ1) is 7.50. The van der Waals surface area contributed by atoms with Crippen LogP contribution in [-0.4, -0.2) is 0 Å². The minimum atomic E-state index is 0.940. The third-order valence-corrected chi connectivity index (χ3v) is 5.00. The van der Waals surface area contributed by atoms with E-state index in [1.165, 1.54) is 25.7 Å². The lowest BCUT2D eigenvalue weighted by molar-refractivity contribution is 0.0497. The summed E-state index contributed by atoms with van der Waals surface area (Å²) < 4.78 is 0. The molecule has 0 unspecified atom stereocenters. The van der Waals surface area contributed by atoms with Gasteiger partial charge in [-0.15, -0.1) is 0 Å². The molecular weight excluding hydrogens is 168 g/mol. The molecule has 72 valence electrons. The van der Waals surface area contributed by atoms with Gasteiger partial charge in [0.1, 0.15) is 0 Å². The summed E-state index contributed by atoms with van der Waals surface area (Å²) in [6.45, 7) is 0. The van der Waals surface area contributed by atoms with Crippen molar-refractivity contribution in [2.45, 2.75) is 37.5 Å². The molecule has 0 saturated heterocycles. The van der Waals surface area contributed by atoms with Crippen LogP contribution < -0.4 is 0 Å². The van der Waals surface area contributed by atoms with Crippen molar-refractivity contribution < 1.29 is 0 Å². The zero-order chi connectivity index (χ0) is 9.12. The average Bonchev–Trinajstić information content (AvgIpc) is 2.19. The van der Waals surface area contributed by atoms with Crippen molar-refractivity contribution in [1.82, 2.24) is 0 Å². The average molecular weight is 184 g/mol. The lowest BCUT2D eigenvalue weighted by atomic mass is 9.49. The molecule has 0 amide bonds. The van der Waals surface area contributed by atoms with Crippen LogP contribution in [0.2, 0.25) is 0 Å². The summed E-state index contributed by atoms with van der Waals surface area (Å²) >= 11 is 0. The van der Waals surface area contributed by atoms with E-state index in [0.29, 0.717) is 0 Å². The van der Waals surface area contributed by atoms with Crippen LogP contribution in [0.4, 0.5) is 0 Å². The standard InChI is InChI=1S/C14H16/c1-2-4-10-9(3-1)11-5-6-12(10)14-8-7-13(11)14/h1-4,11-14H,5-8H2/t11-,12+,13-,14-/m1/s1. The number of fused-ring (bicyclic) bond motifs is 1. The molecule has 5 rings (SSSR count). The van der Waals surface area contributed by atoms with Crippen LogP contribution in [0.3, 0.4) is 0 Å². The Morgan fingerprint density at radius 1 is 0.714 bits per heavy atom. The van der Waals surface area contributed by atoms with E-state index in [4.69, 9.17) is 0 Å². The lowest BCUT2D eigenvalue weighted by Crippen LogP contribution is -2.44. The van der Waals surface area contributed by atoms with Crippen molar-refractivity contribution in [2.24, 2.45) is 11.8 Å². The lowest BCUT2D eigenvalue weighted by Gasteiger charge is -2.56. The summed E-state index contributed by atoms with van der Waals surface area (Å²) in [5.74, 6) is 4.03. The molecule has 0 spiro atoms. The topological polar surface area (TPSA) is 0 Å². The molecule has 2 bridgehead atoms. The molecule has 1 aromatic carbocycles. The first-order valence-corrected chi connectivity index (χ1v) is 6.04. The minimum Gasteiger partial charge on any atom is -0.0620 e. The van der Waals surface area contributed by atoms with E-state index in [2.05, 4.69) is 24.3 Å². The zero-order valence-electron chi connectivity index (χ0n) is 8.45. The van der Waals surface area contributed by atoms with E-state index in [1.807, 2.05) is 0 Å². The summed E-state index contributed by atoms with van der Waals surface area (Å²) in [6.07, 6.45) is 5.98. The fourth-order valence-electron chi connectivity index (χ4n) is 4.30. The van der Waals surface area contributed by atoms with Gasteiger partial charge in [0.25, 0.3) is 0 Å². The third-order valence-electron chi connectivity index (χ3n) is 5.00. The molecule has 2 saturated carbocycles. The van der Waals surface area contributed by atoms with Crippen molar-refractivity contribution in [3.05, 3.63) is 35.4 Å². The smallest absolute Gasteiger partial charge is 0.0128 e. The van der Waals surface area contributed by atoms with Gasteiger partial charge in [0.05, 0.1) is 0 Å². The van der Waals surface area contributed by atoms with Crippen LogP contribution >= 0.6 is 0 Å². The summed E-state index contributed by atoms with van der Waals surface area (Å²) in [6, 6.07) is 9.24. The molecule has 0 heterocycles. The SMILES string of the molecule is c1ccc2c(c1)[C@H]1CC[C@@H]2[C@H]2CC[C@@H]21. The Bertz CT molecular complexity index is 342. The van der Waals surface area contributed by atoms with Gasteiger partial charge in [-0.2, -0.15) is 0 Å². The highest BCUT2D eigenvalue weighted by atomic mass is 14.5. The van der Waals surface area contributed by atoms with Gasteiger partial charge < -0.3 is 0 Å². The molecule has 4 aliphatic carbocycles. The van der Waals surface area contributed by atoms with Crippen molar-refractivity contribution in [1.29, 1.82) is 0 Å². The molecule has 0 nitrogen and oxygen atoms in total. The number of benzene rings is 1. The molecular formula is C14H16. The molecule has 0 aromatic heterocycles. The first-order chi connectivity index (χ1) is 6.95. The zero-order valence-corrected chi connectivity index (χ0v) is 8.45. The van der Waals surface area contributed by atoms with E-state index in [1.54, 1.807) is 11.1 Å². The van der Waals surface area contributed by atoms with Crippen LogP contribution in [0.25, 0.3) is 0 Å². The van der Waals surface area contributed by atoms with E-state index in [-0.39, 0.29) is 0 Å². The van der Waals surface area contributed by atoms with E-state index < -0.39 is 0 Å². The van der Waals surface area contributed by atoms with Crippen molar-refractivity contribution in [3.8, 4) is 0 Å². The second-order valence-corrected chi connectivity index (χ2v) is 5.32. The molecule has 4 aliphatic rings. The van der Waals surface area contributed by atoms with Gasteiger partial charge in [-0.3, -0.25) is 0 Å². The van der Waals surface area contributed by atoms with Crippen LogP contribution in [0.5, 0.6) is 0 Å². The number of rotatable bonds is 0. The van der Waals surface area contributed by atoms with Crippen LogP contribution in [0.1, 0.15) is 48.6 Å². The van der Waals surface area contributed by atoms with Crippen LogP contribution in [0.15, 0.2) is 24.3 Å². The van der Waals surface area contributed by atoms with Crippen molar-refractivity contribution in [2.75, 3.05) is 0 Å². The maximum Gasteiger partial charge on any atom is -0.0128 e. The number of hydrogen-bond acceptors (Lipinski definition) is 0. The minimum absolute atomic E-state index is 0.940. The molecule has 14 heavy (non-hydrogen) atoms. The maximum atomic E-state index is 2.39. The summed E-state index contributed by atoms with van der Waals surface area (Å²) in [5.41, 5.74) is 3.43. The van der Waals surface area contributed by atoms with Gasteiger partial charge in [0.2, 0.25) is 0 Å². The normalized spacial score (nSPS) is 42.6. The molecule has 0 heteroatoms. The van der Waals surface area contributed by atoms with Gasteiger partial charge in [-0.05, 0) is 60.5 Å². The van der Waals surface area contributed by atoms with Crippen LogP contribution in [0, 0.1) is 11.8 Å². The predicted octanol–water partition coefficient (Wildman–Crippen LogP) is 3.69. The van der Waals surface area contributed by atoms with Crippen LogP contribution in [-0.2, 0) is 0 Å². The molecule has 2 fully saturated rings. The maximum absolute atomic E-state index is 2.39. The Kier molecular flexibility index (Phi) is 1.30. The highest BCUT2D eigenvalue weighted by Gasteiger charge is 2.50. The summed E-state index contributed by atoms with van der Waals surface area (Å²) in [7, 11) is 0. The Labute approximate surface area is 85.3 Å². The van der Waals surface area contributed by atoms with Gasteiger partial charge in [-0.1, -0.05) is 24.3 Å².